The summed E-state index contributed by atoms with van der Waals surface area (Å²) in [5.41, 5.74) is 2.17. The fourth-order valence-electron chi connectivity index (χ4n) is 2.01. The van der Waals surface area contributed by atoms with E-state index in [1.165, 1.54) is 0 Å². The maximum absolute atomic E-state index is 12.5. The summed E-state index contributed by atoms with van der Waals surface area (Å²) in [5.74, 6) is 0. The molecule has 2 rings (SSSR count). The number of aryl methyl sites for hydroxylation is 2. The van der Waals surface area contributed by atoms with E-state index < -0.39 is 10.0 Å². The highest BCUT2D eigenvalue weighted by atomic mass is 32.2. The minimum atomic E-state index is -3.58. The summed E-state index contributed by atoms with van der Waals surface area (Å²) < 4.78 is 27.7. The lowest BCUT2D eigenvalue weighted by molar-refractivity contribution is 0.578. The van der Waals surface area contributed by atoms with Gasteiger partial charge in [-0.3, -0.25) is 5.10 Å². The molecule has 21 heavy (non-hydrogen) atoms. The van der Waals surface area contributed by atoms with Crippen LogP contribution in [0, 0.1) is 13.8 Å². The minimum absolute atomic E-state index is 0.248. The number of H-pyrrole nitrogens is 1. The lowest BCUT2D eigenvalue weighted by Crippen LogP contribution is -2.25. The number of sulfonamides is 1. The molecule has 0 aliphatic rings. The molecule has 8 heteroatoms. The molecule has 0 saturated heterocycles. The lowest BCUT2D eigenvalue weighted by Gasteiger charge is -2.08. The van der Waals surface area contributed by atoms with E-state index in [2.05, 4.69) is 20.2 Å². The zero-order valence-corrected chi connectivity index (χ0v) is 14.0. The maximum Gasteiger partial charge on any atom is 0.244 e. The molecule has 116 valence electrons. The van der Waals surface area contributed by atoms with Gasteiger partial charge in [-0.25, -0.2) is 13.1 Å². The van der Waals surface area contributed by atoms with Gasteiger partial charge in [0.1, 0.15) is 4.90 Å². The predicted octanol–water partition coefficient (Wildman–Crippen LogP) is 1.68. The van der Waals surface area contributed by atoms with Gasteiger partial charge in [-0.1, -0.05) is 6.92 Å². The molecule has 0 atom stereocenters. The number of aromatic amines is 1. The third-order valence-corrected chi connectivity index (χ3v) is 5.79. The first-order chi connectivity index (χ1) is 9.95. The Kier molecular flexibility index (Phi) is 5.15. The number of nitrogens with zero attached hydrogens (tertiary/aromatic N) is 1. The van der Waals surface area contributed by atoms with E-state index in [1.807, 2.05) is 25.3 Å². The molecule has 2 heterocycles. The molecule has 0 amide bonds. The van der Waals surface area contributed by atoms with Crippen molar-refractivity contribution in [2.75, 3.05) is 6.54 Å². The molecule has 0 radical (unpaired) electrons. The first-order valence-corrected chi connectivity index (χ1v) is 9.09. The van der Waals surface area contributed by atoms with Gasteiger partial charge in [-0.2, -0.15) is 5.10 Å². The van der Waals surface area contributed by atoms with Crippen molar-refractivity contribution in [2.45, 2.75) is 38.8 Å². The number of nitrogens with one attached hydrogen (secondary N) is 3. The van der Waals surface area contributed by atoms with Crippen LogP contribution in [0.1, 0.15) is 28.8 Å². The number of rotatable bonds is 7. The monoisotopic (exact) mass is 328 g/mol. The molecule has 0 fully saturated rings. The van der Waals surface area contributed by atoms with Crippen molar-refractivity contribution in [3.05, 3.63) is 33.3 Å². The maximum atomic E-state index is 12.5. The van der Waals surface area contributed by atoms with Gasteiger partial charge in [0, 0.05) is 18.0 Å². The van der Waals surface area contributed by atoms with Crippen molar-refractivity contribution in [1.82, 2.24) is 20.2 Å². The van der Waals surface area contributed by atoms with E-state index in [4.69, 9.17) is 0 Å². The molecule has 0 aliphatic heterocycles. The van der Waals surface area contributed by atoms with E-state index in [0.29, 0.717) is 24.5 Å². The molecular weight excluding hydrogens is 308 g/mol. The van der Waals surface area contributed by atoms with Crippen LogP contribution in [0.5, 0.6) is 0 Å². The summed E-state index contributed by atoms with van der Waals surface area (Å²) in [6.07, 6.45) is 0. The zero-order valence-electron chi connectivity index (χ0n) is 12.4. The van der Waals surface area contributed by atoms with Crippen molar-refractivity contribution in [1.29, 1.82) is 0 Å². The second-order valence-electron chi connectivity index (χ2n) is 4.76. The van der Waals surface area contributed by atoms with Crippen molar-refractivity contribution in [2.24, 2.45) is 0 Å². The summed E-state index contributed by atoms with van der Waals surface area (Å²) in [6, 6.07) is 1.98. The molecule has 0 aliphatic carbocycles. The standard InChI is InChI=1S/C13H20N4O2S2/c1-4-14-7-11-13(10(3)16-17-11)21(18,19)15-8-12-9(2)5-6-20-12/h5-6,14-15H,4,7-8H2,1-3H3,(H,16,17). The Balaban J connectivity index is 2.19. The van der Waals surface area contributed by atoms with Gasteiger partial charge in [-0.05, 0) is 37.4 Å². The first kappa shape index (κ1) is 16.2. The average Bonchev–Trinajstić information content (AvgIpc) is 3.00. The van der Waals surface area contributed by atoms with Crippen LogP contribution in [-0.4, -0.2) is 25.2 Å². The van der Waals surface area contributed by atoms with Crippen LogP contribution in [0.2, 0.25) is 0 Å². The summed E-state index contributed by atoms with van der Waals surface area (Å²) in [5, 5.41) is 11.9. The largest absolute Gasteiger partial charge is 0.311 e. The summed E-state index contributed by atoms with van der Waals surface area (Å²) >= 11 is 1.55. The summed E-state index contributed by atoms with van der Waals surface area (Å²) in [7, 11) is -3.58. The highest BCUT2D eigenvalue weighted by molar-refractivity contribution is 7.89. The van der Waals surface area contributed by atoms with Crippen LogP contribution in [0.3, 0.4) is 0 Å². The number of hydrogen-bond acceptors (Lipinski definition) is 5. The second-order valence-corrected chi connectivity index (χ2v) is 7.46. The van der Waals surface area contributed by atoms with E-state index in [1.54, 1.807) is 18.3 Å². The smallest absolute Gasteiger partial charge is 0.244 e. The third-order valence-electron chi connectivity index (χ3n) is 3.16. The molecule has 2 aromatic heterocycles. The lowest BCUT2D eigenvalue weighted by atomic mass is 10.3. The topological polar surface area (TPSA) is 86.9 Å². The fourth-order valence-corrected chi connectivity index (χ4v) is 4.30. The fraction of sp³-hybridized carbons (Fsp3) is 0.462. The third kappa shape index (κ3) is 3.70. The molecule has 0 unspecified atom stereocenters. The number of hydrogen-bond donors (Lipinski definition) is 3. The van der Waals surface area contributed by atoms with Gasteiger partial charge in [0.2, 0.25) is 10.0 Å². The van der Waals surface area contributed by atoms with E-state index >= 15 is 0 Å². The van der Waals surface area contributed by atoms with Crippen LogP contribution in [0.15, 0.2) is 16.3 Å². The molecule has 0 bridgehead atoms. The highest BCUT2D eigenvalue weighted by Gasteiger charge is 2.24. The SMILES string of the molecule is CCNCc1n[nH]c(C)c1S(=O)(=O)NCc1sccc1C. The first-order valence-electron chi connectivity index (χ1n) is 6.73. The summed E-state index contributed by atoms with van der Waals surface area (Å²) in [4.78, 5) is 1.27. The Morgan fingerprint density at radius 2 is 2.10 bits per heavy atom. The molecule has 2 aromatic rings. The normalized spacial score (nSPS) is 12.0. The van der Waals surface area contributed by atoms with Crippen LogP contribution >= 0.6 is 11.3 Å². The number of thiophene rings is 1. The Labute approximate surface area is 129 Å². The molecule has 3 N–H and O–H groups in total. The van der Waals surface area contributed by atoms with Crippen LogP contribution < -0.4 is 10.0 Å². The van der Waals surface area contributed by atoms with Crippen molar-refractivity contribution >= 4 is 21.4 Å². The Morgan fingerprint density at radius 3 is 2.71 bits per heavy atom. The second kappa shape index (κ2) is 6.69. The van der Waals surface area contributed by atoms with Crippen LogP contribution in [0.25, 0.3) is 0 Å². The number of aromatic nitrogens is 2. The zero-order chi connectivity index (χ0) is 15.5. The Hall–Kier alpha value is -1.22. The van der Waals surface area contributed by atoms with Crippen LogP contribution in [0.4, 0.5) is 0 Å². The van der Waals surface area contributed by atoms with Gasteiger partial charge in [-0.15, -0.1) is 11.3 Å². The quantitative estimate of drug-likeness (QED) is 0.721. The van der Waals surface area contributed by atoms with Gasteiger partial charge < -0.3 is 5.32 Å². The van der Waals surface area contributed by atoms with Crippen molar-refractivity contribution in [3.8, 4) is 0 Å². The van der Waals surface area contributed by atoms with E-state index in [0.717, 1.165) is 17.0 Å². The molecule has 0 saturated carbocycles. The van der Waals surface area contributed by atoms with Crippen molar-refractivity contribution < 1.29 is 8.42 Å². The summed E-state index contributed by atoms with van der Waals surface area (Å²) in [6.45, 7) is 7.14. The average molecular weight is 328 g/mol. The van der Waals surface area contributed by atoms with Gasteiger partial charge in [0.15, 0.2) is 0 Å². The Morgan fingerprint density at radius 1 is 1.33 bits per heavy atom. The predicted molar refractivity (Wildman–Crippen MR) is 83.8 cm³/mol. The van der Waals surface area contributed by atoms with Crippen molar-refractivity contribution in [3.63, 3.8) is 0 Å². The molecule has 6 nitrogen and oxygen atoms in total. The molecular formula is C13H20N4O2S2. The molecule has 0 spiro atoms. The van der Waals surface area contributed by atoms with Gasteiger partial charge in [0.25, 0.3) is 0 Å². The van der Waals surface area contributed by atoms with Crippen LogP contribution in [-0.2, 0) is 23.1 Å². The minimum Gasteiger partial charge on any atom is -0.311 e. The van der Waals surface area contributed by atoms with Gasteiger partial charge >= 0.3 is 0 Å². The van der Waals surface area contributed by atoms with Gasteiger partial charge in [0.05, 0.1) is 11.4 Å². The molecule has 0 aromatic carbocycles. The highest BCUT2D eigenvalue weighted by Crippen LogP contribution is 2.20. The van der Waals surface area contributed by atoms with E-state index in [9.17, 15) is 8.42 Å². The Bertz CT molecular complexity index is 704. The van der Waals surface area contributed by atoms with E-state index in [-0.39, 0.29) is 4.90 Å².